The van der Waals surface area contributed by atoms with E-state index in [0.29, 0.717) is 12.3 Å². The van der Waals surface area contributed by atoms with E-state index in [1.54, 1.807) is 0 Å². The Morgan fingerprint density at radius 2 is 1.73 bits per heavy atom. The highest BCUT2D eigenvalue weighted by molar-refractivity contribution is 7.91. The molecule has 2 heterocycles. The van der Waals surface area contributed by atoms with Crippen LogP contribution >= 0.6 is 0 Å². The van der Waals surface area contributed by atoms with Crippen LogP contribution in [0.5, 0.6) is 11.6 Å². The molecule has 0 aliphatic carbocycles. The molecule has 0 radical (unpaired) electrons. The molecule has 2 N–H and O–H groups in total. The number of aromatic nitrogens is 3. The normalized spacial score (nSPS) is 13.6. The van der Waals surface area contributed by atoms with Crippen molar-refractivity contribution >= 4 is 31.2 Å². The summed E-state index contributed by atoms with van der Waals surface area (Å²) in [4.78, 5) is 16.1. The van der Waals surface area contributed by atoms with Gasteiger partial charge in [-0.1, -0.05) is 6.07 Å². The van der Waals surface area contributed by atoms with Crippen LogP contribution in [0.3, 0.4) is 0 Å². The van der Waals surface area contributed by atoms with Gasteiger partial charge in [0.15, 0.2) is 26.4 Å². The Morgan fingerprint density at radius 3 is 2.27 bits per heavy atom. The maximum Gasteiger partial charge on any atom is 0.435 e. The number of ether oxygens (including phenoxy) is 1. The van der Waals surface area contributed by atoms with Crippen LogP contribution in [0.25, 0.3) is 0 Å². The second-order valence-electron chi connectivity index (χ2n) is 7.61. The molecule has 1 unspecified atom stereocenters. The smallest absolute Gasteiger partial charge is 0.429 e. The van der Waals surface area contributed by atoms with Gasteiger partial charge < -0.3 is 10.1 Å². The van der Waals surface area contributed by atoms with Crippen LogP contribution in [0.15, 0.2) is 40.3 Å². The molecule has 10 nitrogen and oxygen atoms in total. The van der Waals surface area contributed by atoms with E-state index in [0.717, 1.165) is 19.2 Å². The number of halogens is 5. The predicted molar refractivity (Wildman–Crippen MR) is 119 cm³/mol. The number of hydrogen-bond acceptors (Lipinski definition) is 9. The van der Waals surface area contributed by atoms with Crippen LogP contribution in [-0.2, 0) is 25.7 Å². The maximum atomic E-state index is 14.5. The molecule has 1 amide bonds. The number of carbonyl (C=O) groups excluding carboxylic acids is 1. The summed E-state index contributed by atoms with van der Waals surface area (Å²) < 4.78 is 117. The monoisotopic (exact) mass is 565 g/mol. The summed E-state index contributed by atoms with van der Waals surface area (Å²) in [6.45, 7) is 0.843. The van der Waals surface area contributed by atoms with Gasteiger partial charge in [0, 0.05) is 29.2 Å². The first kappa shape index (κ1) is 27.9. The van der Waals surface area contributed by atoms with Crippen molar-refractivity contribution in [2.45, 2.75) is 23.0 Å². The first-order valence-corrected chi connectivity index (χ1v) is 13.6. The SMILES string of the molecule is Cc1c(C(F)(F)F)nnc(Oc2c(F)cc(S(C)(=O)=O)nc2F)c1C(=O)Nc1cccc(S(C)(=N)=O)c1. The minimum atomic E-state index is -5.07. The quantitative estimate of drug-likeness (QED) is 0.337. The zero-order valence-corrected chi connectivity index (χ0v) is 20.6. The van der Waals surface area contributed by atoms with E-state index in [1.165, 1.54) is 18.2 Å². The average molecular weight is 566 g/mol. The fraction of sp³-hybridized carbons (Fsp3) is 0.200. The Balaban J connectivity index is 2.13. The zero-order valence-electron chi connectivity index (χ0n) is 19.0. The van der Waals surface area contributed by atoms with Gasteiger partial charge in [-0.2, -0.15) is 17.6 Å². The number of pyridine rings is 1. The van der Waals surface area contributed by atoms with Crippen molar-refractivity contribution in [1.29, 1.82) is 4.78 Å². The second kappa shape index (κ2) is 9.62. The largest absolute Gasteiger partial charge is 0.435 e. The summed E-state index contributed by atoms with van der Waals surface area (Å²) >= 11 is 0. The molecular weight excluding hydrogens is 549 g/mol. The van der Waals surface area contributed by atoms with Crippen LogP contribution < -0.4 is 10.1 Å². The van der Waals surface area contributed by atoms with E-state index >= 15 is 0 Å². The van der Waals surface area contributed by atoms with Crippen LogP contribution in [0.2, 0.25) is 0 Å². The molecule has 37 heavy (non-hydrogen) atoms. The molecule has 2 aromatic heterocycles. The fourth-order valence-electron chi connectivity index (χ4n) is 2.95. The summed E-state index contributed by atoms with van der Waals surface area (Å²) in [7, 11) is -7.35. The summed E-state index contributed by atoms with van der Waals surface area (Å²) in [5, 5.41) is 7.37. The van der Waals surface area contributed by atoms with Crippen molar-refractivity contribution < 1.29 is 44.1 Å². The molecular formula is C20H16F5N5O5S2. The standard InChI is InChI=1S/C20H16F5N5O5S2/c1-9-14(18(31)27-10-5-4-6-11(7-10)36(2,26)32)19(30-29-16(9)20(23,24)25)35-15-12(21)8-13(28-17(15)22)37(3,33)34/h4-8,26H,1-3H3,(H,27,31). The number of amides is 1. The Labute approximate surface area is 206 Å². The van der Waals surface area contributed by atoms with Crippen LogP contribution in [0.4, 0.5) is 27.6 Å². The molecule has 0 aliphatic rings. The van der Waals surface area contributed by atoms with Crippen LogP contribution in [0.1, 0.15) is 21.6 Å². The van der Waals surface area contributed by atoms with Gasteiger partial charge in [0.1, 0.15) is 5.56 Å². The summed E-state index contributed by atoms with van der Waals surface area (Å²) in [5.41, 5.74) is -3.39. The van der Waals surface area contributed by atoms with Crippen molar-refractivity contribution in [2.24, 2.45) is 0 Å². The zero-order chi connectivity index (χ0) is 27.9. The second-order valence-corrected chi connectivity index (χ2v) is 11.7. The van der Waals surface area contributed by atoms with Crippen LogP contribution in [-0.4, -0.2) is 46.2 Å². The summed E-state index contributed by atoms with van der Waals surface area (Å²) in [6.07, 6.45) is -3.33. The number of anilines is 1. The van der Waals surface area contributed by atoms with Gasteiger partial charge in [0.05, 0.1) is 9.73 Å². The Kier molecular flexibility index (Phi) is 7.24. The van der Waals surface area contributed by atoms with Gasteiger partial charge in [-0.25, -0.2) is 26.8 Å². The minimum absolute atomic E-state index is 0.00325. The Hall–Kier alpha value is -3.73. The highest BCUT2D eigenvalue weighted by atomic mass is 32.2. The maximum absolute atomic E-state index is 14.5. The molecule has 1 aromatic carbocycles. The van der Waals surface area contributed by atoms with Crippen molar-refractivity contribution in [3.8, 4) is 11.6 Å². The first-order chi connectivity index (χ1) is 16.9. The third kappa shape index (κ3) is 6.16. The van der Waals surface area contributed by atoms with Gasteiger partial charge >= 0.3 is 6.18 Å². The number of benzene rings is 1. The fourth-order valence-corrected chi connectivity index (χ4v) is 4.20. The molecule has 3 rings (SSSR count). The Bertz CT molecular complexity index is 1600. The molecule has 0 spiro atoms. The van der Waals surface area contributed by atoms with Gasteiger partial charge in [-0.15, -0.1) is 10.2 Å². The van der Waals surface area contributed by atoms with Crippen molar-refractivity contribution in [1.82, 2.24) is 15.2 Å². The molecule has 1 atom stereocenters. The molecule has 0 fully saturated rings. The lowest BCUT2D eigenvalue weighted by atomic mass is 10.1. The highest BCUT2D eigenvalue weighted by Gasteiger charge is 2.38. The molecule has 0 aliphatic heterocycles. The average Bonchev–Trinajstić information content (AvgIpc) is 2.74. The number of hydrogen-bond donors (Lipinski definition) is 2. The summed E-state index contributed by atoms with van der Waals surface area (Å²) in [5.74, 6) is -7.06. The summed E-state index contributed by atoms with van der Waals surface area (Å²) in [6, 6.07) is 5.41. The molecule has 0 bridgehead atoms. The number of carbonyl (C=O) groups is 1. The van der Waals surface area contributed by atoms with E-state index in [4.69, 9.17) is 9.52 Å². The third-order valence-electron chi connectivity index (χ3n) is 4.66. The first-order valence-electron chi connectivity index (χ1n) is 9.73. The predicted octanol–water partition coefficient (Wildman–Crippen LogP) is 3.96. The number of sulfone groups is 1. The number of nitrogens with zero attached hydrogens (tertiary/aromatic N) is 3. The molecule has 17 heteroatoms. The molecule has 198 valence electrons. The van der Waals surface area contributed by atoms with Gasteiger partial charge in [0.25, 0.3) is 17.7 Å². The lowest BCUT2D eigenvalue weighted by molar-refractivity contribution is -0.142. The molecule has 0 saturated heterocycles. The van der Waals surface area contributed by atoms with Crippen molar-refractivity contribution in [3.05, 3.63) is 58.9 Å². The molecule has 3 aromatic rings. The van der Waals surface area contributed by atoms with Crippen molar-refractivity contribution in [2.75, 3.05) is 17.8 Å². The molecule has 0 saturated carbocycles. The van der Waals surface area contributed by atoms with Gasteiger partial charge in [-0.3, -0.25) is 4.79 Å². The topological polar surface area (TPSA) is 152 Å². The van der Waals surface area contributed by atoms with E-state index in [1.807, 2.05) is 0 Å². The van der Waals surface area contributed by atoms with E-state index in [2.05, 4.69) is 20.5 Å². The number of alkyl halides is 3. The van der Waals surface area contributed by atoms with E-state index < -0.39 is 76.9 Å². The number of nitrogens with one attached hydrogen (secondary N) is 2. The van der Waals surface area contributed by atoms with Gasteiger partial charge in [0.2, 0.25) is 5.75 Å². The van der Waals surface area contributed by atoms with E-state index in [9.17, 15) is 39.4 Å². The minimum Gasteiger partial charge on any atom is -0.429 e. The highest BCUT2D eigenvalue weighted by Crippen LogP contribution is 2.36. The number of rotatable bonds is 6. The van der Waals surface area contributed by atoms with Crippen molar-refractivity contribution in [3.63, 3.8) is 0 Å². The van der Waals surface area contributed by atoms with Crippen LogP contribution in [0, 0.1) is 23.5 Å². The van der Waals surface area contributed by atoms with E-state index in [-0.39, 0.29) is 10.6 Å². The van der Waals surface area contributed by atoms with Gasteiger partial charge in [-0.05, 0) is 30.7 Å². The lowest BCUT2D eigenvalue weighted by Crippen LogP contribution is -2.21. The lowest BCUT2D eigenvalue weighted by Gasteiger charge is -2.16. The Morgan fingerprint density at radius 1 is 1.08 bits per heavy atom. The third-order valence-corrected chi connectivity index (χ3v) is 6.79.